The molecule has 0 radical (unpaired) electrons. The van der Waals surface area contributed by atoms with Crippen molar-refractivity contribution in [3.63, 3.8) is 0 Å². The van der Waals surface area contributed by atoms with Crippen molar-refractivity contribution < 1.29 is 29.6 Å². The predicted octanol–water partition coefficient (Wildman–Crippen LogP) is 5.41. The lowest BCUT2D eigenvalue weighted by Crippen LogP contribution is -2.23. The van der Waals surface area contributed by atoms with Crippen LogP contribution in [0.5, 0.6) is 28.7 Å². The Labute approximate surface area is 192 Å². The number of hydrogen-bond donors (Lipinski definition) is 4. The first kappa shape index (κ1) is 22.6. The molecule has 2 atom stereocenters. The summed E-state index contributed by atoms with van der Waals surface area (Å²) in [5, 5.41) is 31.7. The molecule has 7 heteroatoms. The van der Waals surface area contributed by atoms with E-state index in [4.69, 9.17) is 9.47 Å². The molecule has 2 heterocycles. The molecule has 0 spiro atoms. The normalized spacial score (nSPS) is 16.4. The van der Waals surface area contributed by atoms with Crippen molar-refractivity contribution in [1.29, 1.82) is 0 Å². The molecule has 174 valence electrons. The van der Waals surface area contributed by atoms with Crippen LogP contribution < -0.4 is 9.47 Å². The summed E-state index contributed by atoms with van der Waals surface area (Å²) in [5.41, 5.74) is 2.10. The third kappa shape index (κ3) is 4.23. The number of H-pyrrole nitrogens is 1. The van der Waals surface area contributed by atoms with E-state index >= 15 is 0 Å². The number of methoxy groups -OCH3 is 1. The Bertz CT molecular complexity index is 1130. The van der Waals surface area contributed by atoms with Gasteiger partial charge in [0.2, 0.25) is 5.75 Å². The number of fused-ring (bicyclic) bond motifs is 1. The topological polar surface area (TPSA) is 112 Å². The highest BCUT2D eigenvalue weighted by molar-refractivity contribution is 6.04. The smallest absolute Gasteiger partial charge is 0.204 e. The average Bonchev–Trinajstić information content (AvgIpc) is 3.30. The molecule has 3 aromatic rings. The molecule has 0 aliphatic carbocycles. The van der Waals surface area contributed by atoms with E-state index in [1.54, 1.807) is 12.1 Å². The van der Waals surface area contributed by atoms with Gasteiger partial charge in [-0.25, -0.2) is 0 Å². The van der Waals surface area contributed by atoms with Crippen LogP contribution in [0.15, 0.2) is 42.7 Å². The maximum absolute atomic E-state index is 13.2. The second-order valence-corrected chi connectivity index (χ2v) is 8.84. The molecule has 4 rings (SSSR count). The Morgan fingerprint density at radius 3 is 2.42 bits per heavy atom. The summed E-state index contributed by atoms with van der Waals surface area (Å²) in [4.78, 5) is 16.3. The van der Waals surface area contributed by atoms with Crippen molar-refractivity contribution in [2.24, 2.45) is 5.92 Å². The predicted molar refractivity (Wildman–Crippen MR) is 123 cm³/mol. The van der Waals surface area contributed by atoms with Gasteiger partial charge < -0.3 is 29.8 Å². The van der Waals surface area contributed by atoms with Crippen LogP contribution in [-0.2, 0) is 0 Å². The maximum atomic E-state index is 13.2. The van der Waals surface area contributed by atoms with E-state index in [0.717, 1.165) is 12.0 Å². The van der Waals surface area contributed by atoms with Gasteiger partial charge in [0.05, 0.1) is 13.5 Å². The Morgan fingerprint density at radius 2 is 1.82 bits per heavy atom. The minimum Gasteiger partial charge on any atom is -0.508 e. The number of aromatic hydroxyl groups is 3. The van der Waals surface area contributed by atoms with Crippen molar-refractivity contribution in [2.75, 3.05) is 7.11 Å². The fourth-order valence-corrected chi connectivity index (χ4v) is 4.46. The number of aromatic amines is 1. The number of phenols is 3. The zero-order valence-electron chi connectivity index (χ0n) is 19.0. The largest absolute Gasteiger partial charge is 0.508 e. The standard InChI is InChI=1S/C26H29NO6/c1-14(2)4-9-18(16-10-11-27-13-16)21-23(30)26(32-3)24(31)22-19(29)12-20(33-25(21)22)15-5-7-17(28)8-6-15/h5-8,10-11,13-14,18,20,27-28,30-31H,4,9,12H2,1-3H3/t18-,20?/m1/s1. The average molecular weight is 452 g/mol. The minimum atomic E-state index is -0.617. The van der Waals surface area contributed by atoms with Crippen LogP contribution in [0, 0.1) is 5.92 Å². The Balaban J connectivity index is 1.90. The van der Waals surface area contributed by atoms with Crippen LogP contribution in [0.3, 0.4) is 0 Å². The van der Waals surface area contributed by atoms with Gasteiger partial charge in [-0.15, -0.1) is 0 Å². The highest BCUT2D eigenvalue weighted by atomic mass is 16.5. The summed E-state index contributed by atoms with van der Waals surface area (Å²) >= 11 is 0. The zero-order valence-corrected chi connectivity index (χ0v) is 19.0. The summed E-state index contributed by atoms with van der Waals surface area (Å²) in [6.07, 6.45) is 4.64. The highest BCUT2D eigenvalue weighted by Crippen LogP contribution is 2.55. The summed E-state index contributed by atoms with van der Waals surface area (Å²) in [6.45, 7) is 4.25. The molecule has 1 aliphatic rings. The number of rotatable bonds is 7. The molecule has 0 amide bonds. The number of hydrogen-bond acceptors (Lipinski definition) is 6. The monoisotopic (exact) mass is 451 g/mol. The van der Waals surface area contributed by atoms with Gasteiger partial charge in [-0.2, -0.15) is 0 Å². The molecule has 0 saturated heterocycles. The van der Waals surface area contributed by atoms with Crippen LogP contribution in [0.1, 0.15) is 72.2 Å². The van der Waals surface area contributed by atoms with Crippen LogP contribution in [0.4, 0.5) is 0 Å². The number of nitrogens with one attached hydrogen (secondary N) is 1. The van der Waals surface area contributed by atoms with E-state index in [1.807, 2.05) is 18.5 Å². The van der Waals surface area contributed by atoms with Gasteiger partial charge in [0.25, 0.3) is 0 Å². The molecule has 1 aliphatic heterocycles. The molecular weight excluding hydrogens is 422 g/mol. The van der Waals surface area contributed by atoms with Crippen LogP contribution in [0.2, 0.25) is 0 Å². The van der Waals surface area contributed by atoms with Gasteiger partial charge in [-0.3, -0.25) is 4.79 Å². The van der Waals surface area contributed by atoms with Gasteiger partial charge in [-0.1, -0.05) is 32.4 Å². The van der Waals surface area contributed by atoms with E-state index in [9.17, 15) is 20.1 Å². The van der Waals surface area contributed by atoms with E-state index < -0.39 is 11.9 Å². The quantitative estimate of drug-likeness (QED) is 0.382. The fourth-order valence-electron chi connectivity index (χ4n) is 4.46. The van der Waals surface area contributed by atoms with E-state index in [-0.39, 0.29) is 46.7 Å². The molecule has 33 heavy (non-hydrogen) atoms. The first-order valence-electron chi connectivity index (χ1n) is 11.1. The SMILES string of the molecule is COc1c(O)c2c(c([C@H](CCC(C)C)c3cc[nH]c3)c1O)OC(c1ccc(O)cc1)CC2=O. The van der Waals surface area contributed by atoms with Gasteiger partial charge >= 0.3 is 0 Å². The molecule has 1 aromatic heterocycles. The maximum Gasteiger partial charge on any atom is 0.204 e. The van der Waals surface area contributed by atoms with Gasteiger partial charge in [-0.05, 0) is 41.7 Å². The number of benzene rings is 2. The molecule has 0 bridgehead atoms. The number of ketones is 1. The third-order valence-electron chi connectivity index (χ3n) is 6.18. The van der Waals surface area contributed by atoms with Crippen LogP contribution >= 0.6 is 0 Å². The zero-order chi connectivity index (χ0) is 23.7. The Morgan fingerprint density at radius 1 is 1.09 bits per heavy atom. The summed E-state index contributed by atoms with van der Waals surface area (Å²) in [5.74, 6) is -0.651. The van der Waals surface area contributed by atoms with Crippen LogP contribution in [0.25, 0.3) is 0 Å². The van der Waals surface area contributed by atoms with Crippen molar-refractivity contribution in [3.8, 4) is 28.7 Å². The van der Waals surface area contributed by atoms with Crippen LogP contribution in [-0.4, -0.2) is 33.2 Å². The van der Waals surface area contributed by atoms with E-state index in [1.165, 1.54) is 19.2 Å². The van der Waals surface area contributed by atoms with Gasteiger partial charge in [0.15, 0.2) is 17.3 Å². The molecule has 2 aromatic carbocycles. The van der Waals surface area contributed by atoms with Gasteiger partial charge in [0.1, 0.15) is 23.2 Å². The number of aromatic nitrogens is 1. The first-order valence-corrected chi connectivity index (χ1v) is 11.1. The van der Waals surface area contributed by atoms with E-state index in [0.29, 0.717) is 23.5 Å². The molecule has 0 saturated carbocycles. The third-order valence-corrected chi connectivity index (χ3v) is 6.18. The van der Waals surface area contributed by atoms with Crippen molar-refractivity contribution in [1.82, 2.24) is 4.98 Å². The highest BCUT2D eigenvalue weighted by Gasteiger charge is 2.39. The van der Waals surface area contributed by atoms with E-state index in [2.05, 4.69) is 18.8 Å². The summed E-state index contributed by atoms with van der Waals surface area (Å²) in [6, 6.07) is 8.40. The number of ether oxygens (including phenoxy) is 2. The lowest BCUT2D eigenvalue weighted by atomic mass is 9.82. The number of phenolic OH excluding ortho intramolecular Hbond substituents is 3. The van der Waals surface area contributed by atoms with Crippen molar-refractivity contribution in [3.05, 3.63) is 65.0 Å². The number of carbonyl (C=O) groups is 1. The first-order chi connectivity index (χ1) is 15.8. The van der Waals surface area contributed by atoms with Crippen molar-refractivity contribution >= 4 is 5.78 Å². The molecule has 1 unspecified atom stereocenters. The van der Waals surface area contributed by atoms with Crippen molar-refractivity contribution in [2.45, 2.75) is 45.1 Å². The Hall–Kier alpha value is -3.61. The second-order valence-electron chi connectivity index (χ2n) is 8.84. The molecule has 7 nitrogen and oxygen atoms in total. The molecule has 0 fully saturated rings. The summed E-state index contributed by atoms with van der Waals surface area (Å²) < 4.78 is 11.6. The molecular formula is C26H29NO6. The lowest BCUT2D eigenvalue weighted by molar-refractivity contribution is 0.0839. The number of carbonyl (C=O) groups excluding carboxylic acids is 1. The second kappa shape index (κ2) is 9.10. The fraction of sp³-hybridized carbons (Fsp3) is 0.346. The minimum absolute atomic E-state index is 0.0134. The van der Waals surface area contributed by atoms with Gasteiger partial charge in [0, 0.05) is 23.9 Å². The lowest BCUT2D eigenvalue weighted by Gasteiger charge is -2.31. The Kier molecular flexibility index (Phi) is 6.22. The molecule has 4 N–H and O–H groups in total. The number of Topliss-reactive ketones (excluding diaryl/α,β-unsaturated/α-hetero) is 1. The summed E-state index contributed by atoms with van der Waals surface area (Å²) in [7, 11) is 1.35.